The lowest BCUT2D eigenvalue weighted by Crippen LogP contribution is -2.34. The maximum atomic E-state index is 13.1. The number of nitrogens with one attached hydrogen (secondary N) is 1. The minimum atomic E-state index is -0.622. The number of piperidine rings is 1. The summed E-state index contributed by atoms with van der Waals surface area (Å²) >= 11 is 0. The summed E-state index contributed by atoms with van der Waals surface area (Å²) in [6, 6.07) is 18.8. The van der Waals surface area contributed by atoms with E-state index in [0.29, 0.717) is 36.0 Å². The molecule has 5 rings (SSSR count). The molecule has 1 aromatic heterocycles. The molecule has 1 aliphatic carbocycles. The van der Waals surface area contributed by atoms with E-state index in [1.165, 1.54) is 24.1 Å². The zero-order valence-corrected chi connectivity index (χ0v) is 23.4. The molecule has 1 amide bonds. The normalized spacial score (nSPS) is 15.5. The third-order valence-electron chi connectivity index (χ3n) is 7.63. The molecule has 1 N–H and O–H groups in total. The van der Waals surface area contributed by atoms with E-state index >= 15 is 0 Å². The highest BCUT2D eigenvalue weighted by atomic mass is 16.7. The summed E-state index contributed by atoms with van der Waals surface area (Å²) in [5.74, 6) is 0.957. The number of amides is 1. The van der Waals surface area contributed by atoms with Crippen LogP contribution in [0, 0.1) is 12.8 Å². The van der Waals surface area contributed by atoms with Crippen LogP contribution in [0.2, 0.25) is 0 Å². The van der Waals surface area contributed by atoms with Crippen molar-refractivity contribution in [1.82, 2.24) is 15.4 Å². The molecule has 1 saturated heterocycles. The predicted octanol–water partition coefficient (Wildman–Crippen LogP) is 5.69. The number of aryl methyl sites for hydroxylation is 1. The minimum Gasteiger partial charge on any atom is -0.485 e. The van der Waals surface area contributed by atoms with Crippen molar-refractivity contribution in [2.45, 2.75) is 71.3 Å². The summed E-state index contributed by atoms with van der Waals surface area (Å²) in [6.45, 7) is 5.91. The second-order valence-corrected chi connectivity index (χ2v) is 10.8. The molecule has 0 bridgehead atoms. The lowest BCUT2D eigenvalue weighted by Gasteiger charge is -2.33. The van der Waals surface area contributed by atoms with Gasteiger partial charge in [0.1, 0.15) is 12.4 Å². The SMILES string of the molecule is CCCC(=O)ONC(=O)c1nc(CC2CCN(c3ccc(C4CC4)cc3)CC2)nc(C)c1OCc1ccccc1. The number of hydrogen-bond donors (Lipinski definition) is 1. The van der Waals surface area contributed by atoms with E-state index in [-0.39, 0.29) is 18.7 Å². The number of nitrogens with zero attached hydrogens (tertiary/aromatic N) is 3. The lowest BCUT2D eigenvalue weighted by atomic mass is 9.92. The van der Waals surface area contributed by atoms with Gasteiger partial charge in [-0.25, -0.2) is 14.8 Å². The molecular weight excluding hydrogens is 504 g/mol. The molecule has 2 fully saturated rings. The van der Waals surface area contributed by atoms with Crippen LogP contribution < -0.4 is 15.1 Å². The molecule has 8 nitrogen and oxygen atoms in total. The van der Waals surface area contributed by atoms with Gasteiger partial charge in [-0.2, -0.15) is 5.48 Å². The van der Waals surface area contributed by atoms with E-state index in [2.05, 4.69) is 39.6 Å². The lowest BCUT2D eigenvalue weighted by molar-refractivity contribution is -0.149. The first-order chi connectivity index (χ1) is 19.5. The summed E-state index contributed by atoms with van der Waals surface area (Å²) in [5, 5.41) is 0. The van der Waals surface area contributed by atoms with E-state index in [0.717, 1.165) is 37.4 Å². The zero-order chi connectivity index (χ0) is 27.9. The fraction of sp³-hybridized carbons (Fsp3) is 0.438. The summed E-state index contributed by atoms with van der Waals surface area (Å²) in [4.78, 5) is 41.7. The standard InChI is InChI=1S/C32H38N4O4/c1-3-7-29(37)40-35-32(38)30-31(39-21-24-8-5-4-6-9-24)22(2)33-28(34-30)20-23-16-18-36(19-17-23)27-14-12-26(13-15-27)25-10-11-25/h4-6,8-9,12-15,23,25H,3,7,10-11,16-21H2,1-2H3,(H,35,38). The average molecular weight is 543 g/mol. The van der Waals surface area contributed by atoms with Gasteiger partial charge in [-0.1, -0.05) is 49.4 Å². The van der Waals surface area contributed by atoms with Crippen LogP contribution in [0.4, 0.5) is 5.69 Å². The highest BCUT2D eigenvalue weighted by molar-refractivity contribution is 5.95. The quantitative estimate of drug-likeness (QED) is 0.329. The monoisotopic (exact) mass is 542 g/mol. The molecule has 2 aliphatic rings. The third-order valence-corrected chi connectivity index (χ3v) is 7.63. The Balaban J connectivity index is 1.25. The Hall–Kier alpha value is -3.94. The van der Waals surface area contributed by atoms with Crippen LogP contribution in [0.25, 0.3) is 0 Å². The molecule has 2 heterocycles. The molecule has 0 spiro atoms. The van der Waals surface area contributed by atoms with Crippen LogP contribution in [0.5, 0.6) is 5.75 Å². The Bertz CT molecular complexity index is 1300. The van der Waals surface area contributed by atoms with Crippen molar-refractivity contribution in [2.75, 3.05) is 18.0 Å². The molecule has 0 unspecified atom stereocenters. The van der Waals surface area contributed by atoms with Crippen LogP contribution in [-0.4, -0.2) is 34.9 Å². The van der Waals surface area contributed by atoms with E-state index in [9.17, 15) is 9.59 Å². The highest BCUT2D eigenvalue weighted by Gasteiger charge is 2.26. The minimum absolute atomic E-state index is 0.0796. The number of rotatable bonds is 10. The van der Waals surface area contributed by atoms with Gasteiger partial charge in [-0.3, -0.25) is 4.79 Å². The van der Waals surface area contributed by atoms with Crippen LogP contribution in [0.1, 0.15) is 84.5 Å². The third kappa shape index (κ3) is 7.17. The second kappa shape index (κ2) is 12.9. The van der Waals surface area contributed by atoms with Crippen molar-refractivity contribution in [3.05, 3.63) is 82.9 Å². The number of hydrogen-bond acceptors (Lipinski definition) is 7. The molecule has 3 aromatic rings. The topological polar surface area (TPSA) is 93.6 Å². The fourth-order valence-corrected chi connectivity index (χ4v) is 5.20. The Labute approximate surface area is 236 Å². The zero-order valence-electron chi connectivity index (χ0n) is 23.4. The molecule has 1 saturated carbocycles. The van der Waals surface area contributed by atoms with Crippen molar-refractivity contribution in [1.29, 1.82) is 0 Å². The van der Waals surface area contributed by atoms with E-state index < -0.39 is 11.9 Å². The number of benzene rings is 2. The number of hydroxylamine groups is 1. The van der Waals surface area contributed by atoms with Crippen LogP contribution >= 0.6 is 0 Å². The second-order valence-electron chi connectivity index (χ2n) is 10.8. The van der Waals surface area contributed by atoms with Gasteiger partial charge >= 0.3 is 11.9 Å². The van der Waals surface area contributed by atoms with Gasteiger partial charge in [0.25, 0.3) is 0 Å². The molecule has 40 heavy (non-hydrogen) atoms. The van der Waals surface area contributed by atoms with Gasteiger partial charge in [-0.05, 0) is 74.1 Å². The van der Waals surface area contributed by atoms with Gasteiger partial charge in [0.2, 0.25) is 0 Å². The molecule has 210 valence electrons. The predicted molar refractivity (Wildman–Crippen MR) is 153 cm³/mol. The first kappa shape index (κ1) is 27.6. The average Bonchev–Trinajstić information content (AvgIpc) is 3.82. The number of ether oxygens (including phenoxy) is 1. The first-order valence-electron chi connectivity index (χ1n) is 14.4. The Kier molecular flexibility index (Phi) is 8.94. The summed E-state index contributed by atoms with van der Waals surface area (Å²) in [7, 11) is 0. The van der Waals surface area contributed by atoms with Crippen molar-refractivity contribution in [3.63, 3.8) is 0 Å². The van der Waals surface area contributed by atoms with Crippen LogP contribution in [-0.2, 0) is 22.7 Å². The van der Waals surface area contributed by atoms with Crippen molar-refractivity contribution in [3.8, 4) is 5.75 Å². The molecule has 1 aliphatic heterocycles. The van der Waals surface area contributed by atoms with Gasteiger partial charge in [0.05, 0.1) is 5.69 Å². The number of aromatic nitrogens is 2. The van der Waals surface area contributed by atoms with E-state index in [1.54, 1.807) is 0 Å². The van der Waals surface area contributed by atoms with E-state index in [1.807, 2.05) is 44.2 Å². The van der Waals surface area contributed by atoms with Crippen molar-refractivity contribution < 1.29 is 19.2 Å². The van der Waals surface area contributed by atoms with Crippen molar-refractivity contribution >= 4 is 17.6 Å². The molecule has 2 aromatic carbocycles. The highest BCUT2D eigenvalue weighted by Crippen LogP contribution is 2.40. The Morgan fingerprint density at radius 3 is 2.38 bits per heavy atom. The van der Waals surface area contributed by atoms with Crippen LogP contribution in [0.15, 0.2) is 54.6 Å². The first-order valence-corrected chi connectivity index (χ1v) is 14.4. The number of carbonyl (C=O) groups excluding carboxylic acids is 2. The fourth-order valence-electron chi connectivity index (χ4n) is 5.20. The Morgan fingerprint density at radius 2 is 1.70 bits per heavy atom. The molecule has 0 atom stereocenters. The Morgan fingerprint density at radius 1 is 0.975 bits per heavy atom. The smallest absolute Gasteiger partial charge is 0.332 e. The summed E-state index contributed by atoms with van der Waals surface area (Å²) < 4.78 is 6.03. The maximum Gasteiger partial charge on any atom is 0.332 e. The van der Waals surface area contributed by atoms with Crippen molar-refractivity contribution in [2.24, 2.45) is 5.92 Å². The molecule has 8 heteroatoms. The summed E-state index contributed by atoms with van der Waals surface area (Å²) in [6.07, 6.45) is 6.20. The summed E-state index contributed by atoms with van der Waals surface area (Å²) in [5.41, 5.74) is 6.62. The van der Waals surface area contributed by atoms with Gasteiger partial charge in [-0.15, -0.1) is 0 Å². The maximum absolute atomic E-state index is 13.1. The van der Waals surface area contributed by atoms with Gasteiger partial charge in [0, 0.05) is 31.6 Å². The van der Waals surface area contributed by atoms with E-state index in [4.69, 9.17) is 14.6 Å². The van der Waals surface area contributed by atoms with Gasteiger partial charge < -0.3 is 14.5 Å². The number of anilines is 1. The molecular formula is C32H38N4O4. The number of carbonyl (C=O) groups is 2. The van der Waals surface area contributed by atoms with Gasteiger partial charge in [0.15, 0.2) is 11.4 Å². The molecule has 0 radical (unpaired) electrons. The van der Waals surface area contributed by atoms with Crippen LogP contribution in [0.3, 0.4) is 0 Å². The largest absolute Gasteiger partial charge is 0.485 e.